The van der Waals surface area contributed by atoms with Gasteiger partial charge in [-0.25, -0.2) is 4.79 Å². The Balaban J connectivity index is 2.20. The van der Waals surface area contributed by atoms with Crippen molar-refractivity contribution >= 4 is 23.7 Å². The summed E-state index contributed by atoms with van der Waals surface area (Å²) in [6, 6.07) is -0.510. The van der Waals surface area contributed by atoms with Gasteiger partial charge >= 0.3 is 6.03 Å². The van der Waals surface area contributed by atoms with Gasteiger partial charge < -0.3 is 5.32 Å². The summed E-state index contributed by atoms with van der Waals surface area (Å²) in [5, 5.41) is 6.51. The number of carbonyl (C=O) groups is 2. The molecule has 2 atom stereocenters. The topological polar surface area (TPSA) is 58.2 Å². The van der Waals surface area contributed by atoms with Crippen LogP contribution in [0.4, 0.5) is 4.79 Å². The summed E-state index contributed by atoms with van der Waals surface area (Å²) in [6.45, 7) is 0. The van der Waals surface area contributed by atoms with Gasteiger partial charge in [0.2, 0.25) is 5.91 Å². The van der Waals surface area contributed by atoms with Crippen molar-refractivity contribution < 1.29 is 9.59 Å². The van der Waals surface area contributed by atoms with Gasteiger partial charge in [0, 0.05) is 0 Å². The van der Waals surface area contributed by atoms with Crippen LogP contribution in [0.1, 0.15) is 0 Å². The van der Waals surface area contributed by atoms with Gasteiger partial charge in [-0.3, -0.25) is 10.1 Å². The molecule has 58 valence electrons. The number of urea groups is 1. The highest BCUT2D eigenvalue weighted by molar-refractivity contribution is 8.03. The fourth-order valence-electron chi connectivity index (χ4n) is 1.12. The molecule has 2 unspecified atom stereocenters. The minimum atomic E-state index is -0.400. The number of amides is 3. The van der Waals surface area contributed by atoms with Crippen LogP contribution in [0.15, 0.2) is 11.5 Å². The SMILES string of the molecule is O=C1NC(=O)C2SC=CC2N1. The van der Waals surface area contributed by atoms with Crippen molar-refractivity contribution in [1.29, 1.82) is 0 Å². The van der Waals surface area contributed by atoms with Crippen molar-refractivity contribution in [3.8, 4) is 0 Å². The van der Waals surface area contributed by atoms with Crippen LogP contribution < -0.4 is 10.6 Å². The molecule has 0 aromatic carbocycles. The molecule has 0 aliphatic carbocycles. The molecule has 2 N–H and O–H groups in total. The predicted octanol–water partition coefficient (Wildman–Crippen LogP) is -0.177. The maximum absolute atomic E-state index is 11.1. The lowest BCUT2D eigenvalue weighted by molar-refractivity contribution is -0.120. The van der Waals surface area contributed by atoms with E-state index in [1.807, 2.05) is 11.5 Å². The maximum Gasteiger partial charge on any atom is 0.321 e. The van der Waals surface area contributed by atoms with Crippen molar-refractivity contribution in [3.05, 3.63) is 11.5 Å². The Morgan fingerprint density at radius 3 is 3.09 bits per heavy atom. The zero-order chi connectivity index (χ0) is 7.84. The van der Waals surface area contributed by atoms with E-state index in [1.165, 1.54) is 11.8 Å². The number of thioether (sulfide) groups is 1. The van der Waals surface area contributed by atoms with E-state index >= 15 is 0 Å². The summed E-state index contributed by atoms with van der Waals surface area (Å²) < 4.78 is 0. The second kappa shape index (κ2) is 2.27. The third-order valence-corrected chi connectivity index (χ3v) is 2.74. The van der Waals surface area contributed by atoms with Crippen LogP contribution in [0.5, 0.6) is 0 Å². The molecule has 0 bridgehead atoms. The van der Waals surface area contributed by atoms with Crippen molar-refractivity contribution in [1.82, 2.24) is 10.6 Å². The standard InChI is InChI=1S/C6H6N2O2S/c9-5-4-3(1-2-11-4)7-6(10)8-5/h1-4H,(H2,7,8,9,10). The fourth-order valence-corrected chi connectivity index (χ4v) is 2.06. The number of hydrogen-bond acceptors (Lipinski definition) is 3. The summed E-state index contributed by atoms with van der Waals surface area (Å²) in [7, 11) is 0. The van der Waals surface area contributed by atoms with Crippen LogP contribution in [-0.4, -0.2) is 23.2 Å². The summed E-state index contributed by atoms with van der Waals surface area (Å²) in [6.07, 6.45) is 1.83. The number of carbonyl (C=O) groups excluding carboxylic acids is 2. The lowest BCUT2D eigenvalue weighted by Crippen LogP contribution is -2.57. The van der Waals surface area contributed by atoms with E-state index in [4.69, 9.17) is 0 Å². The molecule has 2 aliphatic heterocycles. The number of fused-ring (bicyclic) bond motifs is 1. The normalized spacial score (nSPS) is 34.5. The second-order valence-corrected chi connectivity index (χ2v) is 3.43. The first-order valence-electron chi connectivity index (χ1n) is 3.21. The van der Waals surface area contributed by atoms with E-state index in [2.05, 4.69) is 10.6 Å². The largest absolute Gasteiger partial charge is 0.330 e. The van der Waals surface area contributed by atoms with Crippen LogP contribution in [0.25, 0.3) is 0 Å². The third-order valence-electron chi connectivity index (χ3n) is 1.63. The molecule has 0 spiro atoms. The summed E-state index contributed by atoms with van der Waals surface area (Å²) in [5.74, 6) is -0.200. The molecule has 11 heavy (non-hydrogen) atoms. The molecule has 0 saturated carbocycles. The van der Waals surface area contributed by atoms with Crippen LogP contribution in [0, 0.1) is 0 Å². The number of nitrogens with one attached hydrogen (secondary N) is 2. The van der Waals surface area contributed by atoms with E-state index in [0.29, 0.717) is 0 Å². The zero-order valence-electron chi connectivity index (χ0n) is 5.53. The lowest BCUT2D eigenvalue weighted by atomic mass is 10.1. The second-order valence-electron chi connectivity index (χ2n) is 2.37. The number of imide groups is 1. The molecule has 0 aromatic heterocycles. The fraction of sp³-hybridized carbons (Fsp3) is 0.333. The highest BCUT2D eigenvalue weighted by Crippen LogP contribution is 2.26. The van der Waals surface area contributed by atoms with Crippen molar-refractivity contribution in [2.75, 3.05) is 0 Å². The van der Waals surface area contributed by atoms with Gasteiger partial charge in [-0.1, -0.05) is 6.08 Å². The quantitative estimate of drug-likeness (QED) is 0.530. The first-order chi connectivity index (χ1) is 5.27. The Labute approximate surface area is 67.4 Å². The summed E-state index contributed by atoms with van der Waals surface area (Å²) in [5.41, 5.74) is 0. The van der Waals surface area contributed by atoms with Crippen molar-refractivity contribution in [2.45, 2.75) is 11.3 Å². The maximum atomic E-state index is 11.1. The number of rotatable bonds is 0. The molecular formula is C6H6N2O2S. The molecule has 2 aliphatic rings. The molecule has 0 radical (unpaired) electrons. The molecule has 2 rings (SSSR count). The first-order valence-corrected chi connectivity index (χ1v) is 4.15. The van der Waals surface area contributed by atoms with Crippen molar-refractivity contribution in [2.24, 2.45) is 0 Å². The molecule has 5 heteroatoms. The van der Waals surface area contributed by atoms with E-state index in [1.54, 1.807) is 0 Å². The van der Waals surface area contributed by atoms with Gasteiger partial charge in [-0.2, -0.15) is 0 Å². The summed E-state index contributed by atoms with van der Waals surface area (Å²) >= 11 is 1.43. The Kier molecular flexibility index (Phi) is 1.38. The minimum absolute atomic E-state index is 0.110. The Hall–Kier alpha value is -0.970. The monoisotopic (exact) mass is 170 g/mol. The van der Waals surface area contributed by atoms with Gasteiger partial charge in [0.05, 0.1) is 6.04 Å². The average molecular weight is 170 g/mol. The van der Waals surface area contributed by atoms with Crippen LogP contribution in [0.2, 0.25) is 0 Å². The van der Waals surface area contributed by atoms with Gasteiger partial charge in [-0.15, -0.1) is 11.8 Å². The Morgan fingerprint density at radius 2 is 2.27 bits per heavy atom. The van der Waals surface area contributed by atoms with E-state index in [0.717, 1.165) is 0 Å². The van der Waals surface area contributed by atoms with E-state index < -0.39 is 6.03 Å². The third kappa shape index (κ3) is 1.01. The zero-order valence-corrected chi connectivity index (χ0v) is 6.35. The van der Waals surface area contributed by atoms with E-state index in [-0.39, 0.29) is 17.2 Å². The predicted molar refractivity (Wildman–Crippen MR) is 41.0 cm³/mol. The Bertz CT molecular complexity index is 251. The molecule has 1 fully saturated rings. The molecule has 4 nitrogen and oxygen atoms in total. The van der Waals surface area contributed by atoms with Crippen molar-refractivity contribution in [3.63, 3.8) is 0 Å². The lowest BCUT2D eigenvalue weighted by Gasteiger charge is -2.24. The molecule has 2 heterocycles. The molecule has 0 aromatic rings. The van der Waals surface area contributed by atoms with Crippen LogP contribution in [-0.2, 0) is 4.79 Å². The molecule has 1 saturated heterocycles. The summed E-state index contributed by atoms with van der Waals surface area (Å²) in [4.78, 5) is 21.8. The average Bonchev–Trinajstić information content (AvgIpc) is 2.34. The van der Waals surface area contributed by atoms with Gasteiger partial charge in [0.1, 0.15) is 5.25 Å². The van der Waals surface area contributed by atoms with Crippen LogP contribution in [0.3, 0.4) is 0 Å². The van der Waals surface area contributed by atoms with Crippen LogP contribution >= 0.6 is 11.8 Å². The van der Waals surface area contributed by atoms with Gasteiger partial charge in [0.15, 0.2) is 0 Å². The molecule has 3 amide bonds. The Morgan fingerprint density at radius 1 is 1.45 bits per heavy atom. The number of hydrogen-bond donors (Lipinski definition) is 2. The molecular weight excluding hydrogens is 164 g/mol. The highest BCUT2D eigenvalue weighted by atomic mass is 32.2. The first kappa shape index (κ1) is 6.72. The smallest absolute Gasteiger partial charge is 0.321 e. The minimum Gasteiger partial charge on any atom is -0.330 e. The van der Waals surface area contributed by atoms with E-state index in [9.17, 15) is 9.59 Å². The highest BCUT2D eigenvalue weighted by Gasteiger charge is 2.36. The van der Waals surface area contributed by atoms with Gasteiger partial charge in [0.25, 0.3) is 0 Å². The van der Waals surface area contributed by atoms with Gasteiger partial charge in [-0.05, 0) is 5.41 Å².